The molecule has 0 saturated carbocycles. The zero-order chi connectivity index (χ0) is 11.0. The van der Waals surface area contributed by atoms with Crippen LogP contribution in [0.5, 0.6) is 0 Å². The van der Waals surface area contributed by atoms with Crippen molar-refractivity contribution in [3.63, 3.8) is 0 Å². The van der Waals surface area contributed by atoms with Crippen molar-refractivity contribution >= 4 is 5.91 Å². The number of unbranched alkanes of at least 4 members (excludes halogenated alkanes) is 1. The minimum absolute atomic E-state index is 0.262. The highest BCUT2D eigenvalue weighted by atomic mass is 16.5. The topological polar surface area (TPSA) is 64.3 Å². The van der Waals surface area contributed by atoms with Crippen LogP contribution in [0, 0.1) is 5.41 Å². The van der Waals surface area contributed by atoms with Gasteiger partial charge in [-0.3, -0.25) is 4.79 Å². The van der Waals surface area contributed by atoms with Crippen molar-refractivity contribution in [3.05, 3.63) is 0 Å². The molecule has 0 rings (SSSR count). The quantitative estimate of drug-likeness (QED) is 0.564. The van der Waals surface area contributed by atoms with Gasteiger partial charge >= 0.3 is 0 Å². The van der Waals surface area contributed by atoms with Crippen molar-refractivity contribution in [2.24, 2.45) is 11.1 Å². The van der Waals surface area contributed by atoms with Crippen molar-refractivity contribution in [2.75, 3.05) is 26.8 Å². The first kappa shape index (κ1) is 13.4. The molecular formula is C10H22N2O2. The number of amides is 1. The molecule has 4 nitrogen and oxygen atoms in total. The highest BCUT2D eigenvalue weighted by molar-refractivity contribution is 5.80. The van der Waals surface area contributed by atoms with Crippen molar-refractivity contribution in [2.45, 2.75) is 26.7 Å². The molecule has 0 unspecified atom stereocenters. The van der Waals surface area contributed by atoms with Crippen LogP contribution in [0.4, 0.5) is 0 Å². The first-order valence-electron chi connectivity index (χ1n) is 5.00. The third kappa shape index (κ3) is 5.94. The molecule has 0 aliphatic carbocycles. The summed E-state index contributed by atoms with van der Waals surface area (Å²) in [6.45, 7) is 6.02. The van der Waals surface area contributed by atoms with E-state index in [9.17, 15) is 4.79 Å². The molecule has 0 saturated heterocycles. The standard InChI is InChI=1S/C10H22N2O2/c1-10(2,9(11)13)8-12-6-4-5-7-14-3/h12H,4-8H2,1-3H3,(H2,11,13). The number of methoxy groups -OCH3 is 1. The average molecular weight is 202 g/mol. The molecule has 0 bridgehead atoms. The van der Waals surface area contributed by atoms with Crippen molar-refractivity contribution < 1.29 is 9.53 Å². The molecule has 4 heteroatoms. The van der Waals surface area contributed by atoms with E-state index in [2.05, 4.69) is 5.32 Å². The Morgan fingerprint density at radius 3 is 2.57 bits per heavy atom. The number of ether oxygens (including phenoxy) is 1. The maximum absolute atomic E-state index is 10.9. The van der Waals surface area contributed by atoms with Gasteiger partial charge in [-0.2, -0.15) is 0 Å². The number of hydrogen-bond acceptors (Lipinski definition) is 3. The van der Waals surface area contributed by atoms with E-state index in [1.54, 1.807) is 7.11 Å². The summed E-state index contributed by atoms with van der Waals surface area (Å²) >= 11 is 0. The molecule has 0 heterocycles. The Balaban J connectivity index is 3.40. The summed E-state index contributed by atoms with van der Waals surface area (Å²) < 4.78 is 4.93. The summed E-state index contributed by atoms with van der Waals surface area (Å²) in [4.78, 5) is 10.9. The van der Waals surface area contributed by atoms with Gasteiger partial charge < -0.3 is 15.8 Å². The van der Waals surface area contributed by atoms with Gasteiger partial charge in [0.1, 0.15) is 0 Å². The summed E-state index contributed by atoms with van der Waals surface area (Å²) in [5.74, 6) is -0.262. The zero-order valence-corrected chi connectivity index (χ0v) is 9.43. The van der Waals surface area contributed by atoms with Gasteiger partial charge in [0, 0.05) is 20.3 Å². The third-order valence-electron chi connectivity index (χ3n) is 2.19. The molecule has 0 atom stereocenters. The fourth-order valence-electron chi connectivity index (χ4n) is 0.984. The Bertz CT molecular complexity index is 170. The molecule has 0 fully saturated rings. The minimum Gasteiger partial charge on any atom is -0.385 e. The molecular weight excluding hydrogens is 180 g/mol. The van der Waals surface area contributed by atoms with Gasteiger partial charge in [0.2, 0.25) is 5.91 Å². The second kappa shape index (κ2) is 6.79. The maximum Gasteiger partial charge on any atom is 0.224 e. The average Bonchev–Trinajstić information content (AvgIpc) is 2.10. The number of nitrogens with two attached hydrogens (primary N) is 1. The summed E-state index contributed by atoms with van der Waals surface area (Å²) in [7, 11) is 1.70. The van der Waals surface area contributed by atoms with E-state index in [4.69, 9.17) is 10.5 Å². The van der Waals surface area contributed by atoms with Gasteiger partial charge in [-0.15, -0.1) is 0 Å². The number of carbonyl (C=O) groups is 1. The Kier molecular flexibility index (Phi) is 6.49. The number of carbonyl (C=O) groups excluding carboxylic acids is 1. The maximum atomic E-state index is 10.9. The van der Waals surface area contributed by atoms with Crippen LogP contribution in [0.2, 0.25) is 0 Å². The van der Waals surface area contributed by atoms with E-state index in [-0.39, 0.29) is 5.91 Å². The van der Waals surface area contributed by atoms with Gasteiger partial charge in [0.05, 0.1) is 5.41 Å². The van der Waals surface area contributed by atoms with E-state index < -0.39 is 5.41 Å². The lowest BCUT2D eigenvalue weighted by atomic mass is 9.93. The first-order valence-corrected chi connectivity index (χ1v) is 5.00. The lowest BCUT2D eigenvalue weighted by Gasteiger charge is -2.20. The van der Waals surface area contributed by atoms with Crippen LogP contribution in [0.3, 0.4) is 0 Å². The molecule has 3 N–H and O–H groups in total. The molecule has 0 aliphatic rings. The van der Waals surface area contributed by atoms with E-state index in [1.165, 1.54) is 0 Å². The van der Waals surface area contributed by atoms with Gasteiger partial charge in [-0.1, -0.05) is 0 Å². The smallest absolute Gasteiger partial charge is 0.224 e. The van der Waals surface area contributed by atoms with E-state index in [0.717, 1.165) is 26.0 Å². The van der Waals surface area contributed by atoms with Crippen LogP contribution in [0.25, 0.3) is 0 Å². The monoisotopic (exact) mass is 202 g/mol. The predicted octanol–water partition coefficient (Wildman–Crippen LogP) is 0.514. The van der Waals surface area contributed by atoms with Crippen LogP contribution in [0.15, 0.2) is 0 Å². The molecule has 0 radical (unpaired) electrons. The minimum atomic E-state index is -0.457. The van der Waals surface area contributed by atoms with E-state index in [0.29, 0.717) is 6.54 Å². The SMILES string of the molecule is COCCCCNCC(C)(C)C(N)=O. The number of hydrogen-bond donors (Lipinski definition) is 2. The molecule has 84 valence electrons. The second-order valence-corrected chi connectivity index (χ2v) is 4.12. The Morgan fingerprint density at radius 2 is 2.07 bits per heavy atom. The molecule has 1 amide bonds. The van der Waals surface area contributed by atoms with Crippen molar-refractivity contribution in [1.82, 2.24) is 5.32 Å². The van der Waals surface area contributed by atoms with Crippen LogP contribution in [-0.2, 0) is 9.53 Å². The largest absolute Gasteiger partial charge is 0.385 e. The van der Waals surface area contributed by atoms with E-state index in [1.807, 2.05) is 13.8 Å². The Labute approximate surface area is 86.2 Å². The Morgan fingerprint density at radius 1 is 1.43 bits per heavy atom. The molecule has 0 aromatic carbocycles. The van der Waals surface area contributed by atoms with Crippen LogP contribution < -0.4 is 11.1 Å². The van der Waals surface area contributed by atoms with Crippen LogP contribution in [0.1, 0.15) is 26.7 Å². The van der Waals surface area contributed by atoms with Gasteiger partial charge in [-0.05, 0) is 33.2 Å². The molecule has 0 spiro atoms. The van der Waals surface area contributed by atoms with Crippen molar-refractivity contribution in [3.8, 4) is 0 Å². The fraction of sp³-hybridized carbons (Fsp3) is 0.900. The first-order chi connectivity index (χ1) is 6.50. The summed E-state index contributed by atoms with van der Waals surface area (Å²) in [5, 5.41) is 3.21. The van der Waals surface area contributed by atoms with Gasteiger partial charge in [0.25, 0.3) is 0 Å². The highest BCUT2D eigenvalue weighted by Crippen LogP contribution is 2.11. The third-order valence-corrected chi connectivity index (χ3v) is 2.19. The summed E-state index contributed by atoms with van der Waals surface area (Å²) in [5.41, 5.74) is 4.78. The number of rotatable bonds is 8. The summed E-state index contributed by atoms with van der Waals surface area (Å²) in [6, 6.07) is 0. The predicted molar refractivity (Wildman–Crippen MR) is 57.0 cm³/mol. The van der Waals surface area contributed by atoms with Crippen LogP contribution >= 0.6 is 0 Å². The van der Waals surface area contributed by atoms with Crippen LogP contribution in [-0.4, -0.2) is 32.7 Å². The lowest BCUT2D eigenvalue weighted by molar-refractivity contribution is -0.125. The Hall–Kier alpha value is -0.610. The van der Waals surface area contributed by atoms with E-state index >= 15 is 0 Å². The normalized spacial score (nSPS) is 11.6. The molecule has 0 aliphatic heterocycles. The van der Waals surface area contributed by atoms with Crippen molar-refractivity contribution in [1.29, 1.82) is 0 Å². The summed E-state index contributed by atoms with van der Waals surface area (Å²) in [6.07, 6.45) is 2.10. The number of primary amides is 1. The second-order valence-electron chi connectivity index (χ2n) is 4.12. The molecule has 14 heavy (non-hydrogen) atoms. The highest BCUT2D eigenvalue weighted by Gasteiger charge is 2.23. The van der Waals surface area contributed by atoms with Gasteiger partial charge in [0.15, 0.2) is 0 Å². The molecule has 0 aromatic heterocycles. The zero-order valence-electron chi connectivity index (χ0n) is 9.43. The number of nitrogens with one attached hydrogen (secondary N) is 1. The van der Waals surface area contributed by atoms with Gasteiger partial charge in [-0.25, -0.2) is 0 Å². The molecule has 0 aromatic rings. The lowest BCUT2D eigenvalue weighted by Crippen LogP contribution is -2.40. The fourth-order valence-corrected chi connectivity index (χ4v) is 0.984.